The number of carbonyl (C=O) groups is 1. The van der Waals surface area contributed by atoms with Crippen LogP contribution in [0.1, 0.15) is 45.4 Å². The van der Waals surface area contributed by atoms with Crippen LogP contribution in [0.3, 0.4) is 0 Å². The molecule has 2 fully saturated rings. The van der Waals surface area contributed by atoms with Gasteiger partial charge in [0.1, 0.15) is 0 Å². The molecular formula is C14H27N3O. The summed E-state index contributed by atoms with van der Waals surface area (Å²) >= 11 is 0. The average molecular weight is 253 g/mol. The molecule has 2 atom stereocenters. The van der Waals surface area contributed by atoms with Crippen LogP contribution in [-0.4, -0.2) is 42.5 Å². The third-order valence-corrected chi connectivity index (χ3v) is 4.32. The Bertz CT molecular complexity index is 278. The zero-order valence-electron chi connectivity index (χ0n) is 11.5. The van der Waals surface area contributed by atoms with E-state index < -0.39 is 0 Å². The van der Waals surface area contributed by atoms with Crippen molar-refractivity contribution in [1.29, 1.82) is 0 Å². The fraction of sp³-hybridized carbons (Fsp3) is 0.929. The van der Waals surface area contributed by atoms with Crippen molar-refractivity contribution >= 4 is 5.91 Å². The largest absolute Gasteiger partial charge is 0.355 e. The Kier molecular flexibility index (Phi) is 5.01. The van der Waals surface area contributed by atoms with Crippen LogP contribution in [0.15, 0.2) is 0 Å². The summed E-state index contributed by atoms with van der Waals surface area (Å²) in [5, 5.41) is 3.07. The maximum atomic E-state index is 12.1. The quantitative estimate of drug-likeness (QED) is 0.745. The van der Waals surface area contributed by atoms with E-state index in [-0.39, 0.29) is 17.9 Å². The van der Waals surface area contributed by atoms with Crippen LogP contribution >= 0.6 is 0 Å². The number of amides is 1. The van der Waals surface area contributed by atoms with Crippen molar-refractivity contribution in [2.24, 2.45) is 11.7 Å². The highest BCUT2D eigenvalue weighted by atomic mass is 16.1. The standard InChI is InChI=1S/C14H27N3O/c1-2-17(11-7-8-11)10-9-16-14(18)12-5-3-4-6-13(12)15/h11-13H,2-10,15H2,1H3,(H,16,18). The van der Waals surface area contributed by atoms with Crippen LogP contribution in [-0.2, 0) is 4.79 Å². The van der Waals surface area contributed by atoms with Gasteiger partial charge in [-0.1, -0.05) is 19.8 Å². The summed E-state index contributed by atoms with van der Waals surface area (Å²) in [5.41, 5.74) is 6.02. The molecule has 2 saturated carbocycles. The highest BCUT2D eigenvalue weighted by Gasteiger charge is 2.29. The number of hydrogen-bond donors (Lipinski definition) is 2. The first-order valence-electron chi connectivity index (χ1n) is 7.49. The third-order valence-electron chi connectivity index (χ3n) is 4.32. The van der Waals surface area contributed by atoms with E-state index in [9.17, 15) is 4.79 Å². The van der Waals surface area contributed by atoms with E-state index in [1.165, 1.54) is 19.3 Å². The van der Waals surface area contributed by atoms with Crippen molar-refractivity contribution in [1.82, 2.24) is 10.2 Å². The molecule has 4 nitrogen and oxygen atoms in total. The minimum atomic E-state index is 0.0507. The molecule has 0 aromatic heterocycles. The van der Waals surface area contributed by atoms with E-state index >= 15 is 0 Å². The Hall–Kier alpha value is -0.610. The lowest BCUT2D eigenvalue weighted by Gasteiger charge is -2.28. The van der Waals surface area contributed by atoms with Crippen molar-refractivity contribution in [2.45, 2.75) is 57.5 Å². The summed E-state index contributed by atoms with van der Waals surface area (Å²) in [4.78, 5) is 14.5. The third kappa shape index (κ3) is 3.69. The SMILES string of the molecule is CCN(CCNC(=O)C1CCCCC1N)C1CC1. The Balaban J connectivity index is 1.67. The molecule has 0 saturated heterocycles. The molecule has 104 valence electrons. The Labute approximate surface area is 110 Å². The molecule has 0 spiro atoms. The summed E-state index contributed by atoms with van der Waals surface area (Å²) in [6.07, 6.45) is 6.95. The van der Waals surface area contributed by atoms with Gasteiger partial charge in [0.15, 0.2) is 0 Å². The average Bonchev–Trinajstić information content (AvgIpc) is 3.19. The molecule has 18 heavy (non-hydrogen) atoms. The smallest absolute Gasteiger partial charge is 0.224 e. The van der Waals surface area contributed by atoms with E-state index in [1.54, 1.807) is 0 Å². The van der Waals surface area contributed by atoms with Crippen molar-refractivity contribution in [2.75, 3.05) is 19.6 Å². The van der Waals surface area contributed by atoms with Crippen LogP contribution in [0.5, 0.6) is 0 Å². The van der Waals surface area contributed by atoms with Crippen molar-refractivity contribution in [3.63, 3.8) is 0 Å². The van der Waals surface area contributed by atoms with Gasteiger partial charge in [-0.2, -0.15) is 0 Å². The molecule has 0 aromatic rings. The van der Waals surface area contributed by atoms with Crippen LogP contribution in [0.4, 0.5) is 0 Å². The summed E-state index contributed by atoms with van der Waals surface area (Å²) in [6, 6.07) is 0.855. The van der Waals surface area contributed by atoms with Crippen molar-refractivity contribution < 1.29 is 4.79 Å². The van der Waals surface area contributed by atoms with Crippen LogP contribution < -0.4 is 11.1 Å². The van der Waals surface area contributed by atoms with E-state index in [0.717, 1.165) is 44.9 Å². The fourth-order valence-electron chi connectivity index (χ4n) is 2.98. The van der Waals surface area contributed by atoms with E-state index in [2.05, 4.69) is 17.1 Å². The van der Waals surface area contributed by atoms with Gasteiger partial charge >= 0.3 is 0 Å². The number of nitrogens with zero attached hydrogens (tertiary/aromatic N) is 1. The normalized spacial score (nSPS) is 28.4. The first-order chi connectivity index (χ1) is 8.72. The number of nitrogens with two attached hydrogens (primary N) is 1. The molecule has 0 radical (unpaired) electrons. The second-order valence-corrected chi connectivity index (χ2v) is 5.71. The topological polar surface area (TPSA) is 58.4 Å². The summed E-state index contributed by atoms with van der Waals surface area (Å²) in [7, 11) is 0. The zero-order chi connectivity index (χ0) is 13.0. The molecule has 0 aliphatic heterocycles. The molecule has 1 amide bonds. The first-order valence-corrected chi connectivity index (χ1v) is 7.49. The van der Waals surface area contributed by atoms with Gasteiger partial charge in [-0.15, -0.1) is 0 Å². The monoisotopic (exact) mass is 253 g/mol. The van der Waals surface area contributed by atoms with Gasteiger partial charge in [0, 0.05) is 25.2 Å². The molecule has 0 aromatic carbocycles. The number of rotatable bonds is 6. The molecular weight excluding hydrogens is 226 g/mol. The molecule has 2 aliphatic rings. The number of carbonyl (C=O) groups excluding carboxylic acids is 1. The Morgan fingerprint density at radius 1 is 1.28 bits per heavy atom. The lowest BCUT2D eigenvalue weighted by molar-refractivity contribution is -0.126. The molecule has 2 unspecified atom stereocenters. The molecule has 2 rings (SSSR count). The maximum Gasteiger partial charge on any atom is 0.224 e. The molecule has 0 bridgehead atoms. The van der Waals surface area contributed by atoms with Gasteiger partial charge in [0.05, 0.1) is 5.92 Å². The zero-order valence-corrected chi connectivity index (χ0v) is 11.5. The van der Waals surface area contributed by atoms with Gasteiger partial charge in [-0.3, -0.25) is 9.69 Å². The minimum absolute atomic E-state index is 0.0507. The molecule has 0 heterocycles. The summed E-state index contributed by atoms with van der Waals surface area (Å²) in [6.45, 7) is 5.03. The molecule has 2 aliphatic carbocycles. The van der Waals surface area contributed by atoms with Gasteiger partial charge in [-0.05, 0) is 32.2 Å². The fourth-order valence-corrected chi connectivity index (χ4v) is 2.98. The second kappa shape index (κ2) is 6.53. The van der Waals surface area contributed by atoms with Gasteiger partial charge < -0.3 is 11.1 Å². The summed E-state index contributed by atoms with van der Waals surface area (Å²) < 4.78 is 0. The highest BCUT2D eigenvalue weighted by Crippen LogP contribution is 2.26. The molecule has 3 N–H and O–H groups in total. The first kappa shape index (κ1) is 13.8. The molecule has 4 heteroatoms. The lowest BCUT2D eigenvalue weighted by Crippen LogP contribution is -2.45. The second-order valence-electron chi connectivity index (χ2n) is 5.71. The predicted octanol–water partition coefficient (Wildman–Crippen LogP) is 1.10. The number of hydrogen-bond acceptors (Lipinski definition) is 3. The van der Waals surface area contributed by atoms with Gasteiger partial charge in [0.25, 0.3) is 0 Å². The van der Waals surface area contributed by atoms with E-state index in [4.69, 9.17) is 5.73 Å². The van der Waals surface area contributed by atoms with Gasteiger partial charge in [0.2, 0.25) is 5.91 Å². The van der Waals surface area contributed by atoms with Crippen molar-refractivity contribution in [3.8, 4) is 0 Å². The van der Waals surface area contributed by atoms with Crippen LogP contribution in [0.25, 0.3) is 0 Å². The number of likely N-dealkylation sites (N-methyl/N-ethyl adjacent to an activating group) is 1. The Morgan fingerprint density at radius 3 is 2.61 bits per heavy atom. The van der Waals surface area contributed by atoms with Crippen LogP contribution in [0, 0.1) is 5.92 Å². The Morgan fingerprint density at radius 2 is 2.00 bits per heavy atom. The van der Waals surface area contributed by atoms with E-state index in [0.29, 0.717) is 0 Å². The van der Waals surface area contributed by atoms with Crippen molar-refractivity contribution in [3.05, 3.63) is 0 Å². The van der Waals surface area contributed by atoms with E-state index in [1.807, 2.05) is 0 Å². The number of nitrogens with one attached hydrogen (secondary N) is 1. The van der Waals surface area contributed by atoms with Crippen LogP contribution in [0.2, 0.25) is 0 Å². The van der Waals surface area contributed by atoms with Gasteiger partial charge in [-0.25, -0.2) is 0 Å². The summed E-state index contributed by atoms with van der Waals surface area (Å²) in [5.74, 6) is 0.226. The lowest BCUT2D eigenvalue weighted by atomic mass is 9.84. The highest BCUT2D eigenvalue weighted by molar-refractivity contribution is 5.79. The maximum absolute atomic E-state index is 12.1. The minimum Gasteiger partial charge on any atom is -0.355 e. The predicted molar refractivity (Wildman–Crippen MR) is 73.2 cm³/mol.